The summed E-state index contributed by atoms with van der Waals surface area (Å²) in [5, 5.41) is 6.53. The van der Waals surface area contributed by atoms with E-state index >= 15 is 0 Å². The standard InChI is InChI=1S/C36H46F3N5O5/c1-8-9-11-23-13-15-24(16-14-23)17-18-25-19-20-26(22-27(25)36(37,38)39)29-40-30(49-43-29)28-12-10-21-44(28)31(41-32(45)47-34(2,3)4)42-33(46)48-35(5,6)7/h13-16,19-20,22,28H,8-12,17-18,21H2,1-7H3,(H,41,42,45,46)/t28-/m0/s1. The number of alkyl carbamates (subject to hydrolysis) is 1. The molecule has 1 fully saturated rings. The summed E-state index contributed by atoms with van der Waals surface area (Å²) >= 11 is 0. The number of aliphatic imine (C=N–C) groups is 1. The maximum absolute atomic E-state index is 14.3. The second-order valence-electron chi connectivity index (χ2n) is 14.1. The summed E-state index contributed by atoms with van der Waals surface area (Å²) in [4.78, 5) is 35.4. The van der Waals surface area contributed by atoms with Crippen molar-refractivity contribution in [2.75, 3.05) is 6.54 Å². The fourth-order valence-electron chi connectivity index (χ4n) is 5.42. The Morgan fingerprint density at radius 2 is 1.61 bits per heavy atom. The molecule has 2 heterocycles. The van der Waals surface area contributed by atoms with Crippen LogP contribution in [0.15, 0.2) is 52.0 Å². The van der Waals surface area contributed by atoms with Gasteiger partial charge in [-0.05, 0) is 103 Å². The summed E-state index contributed by atoms with van der Waals surface area (Å²) in [5.41, 5.74) is 0.0878. The highest BCUT2D eigenvalue weighted by Gasteiger charge is 2.37. The molecule has 2 aromatic carbocycles. The number of ether oxygens (including phenoxy) is 2. The first kappa shape index (κ1) is 37.4. The third-order valence-corrected chi connectivity index (χ3v) is 7.65. The van der Waals surface area contributed by atoms with Crippen molar-refractivity contribution >= 4 is 18.1 Å². The highest BCUT2D eigenvalue weighted by atomic mass is 19.4. The van der Waals surface area contributed by atoms with E-state index in [9.17, 15) is 22.8 Å². The predicted molar refractivity (Wildman–Crippen MR) is 179 cm³/mol. The van der Waals surface area contributed by atoms with E-state index in [1.807, 2.05) is 24.3 Å². The van der Waals surface area contributed by atoms with E-state index in [1.165, 1.54) is 11.6 Å². The molecule has 0 unspecified atom stereocenters. The second-order valence-corrected chi connectivity index (χ2v) is 14.1. The topological polar surface area (TPSA) is 119 Å². The summed E-state index contributed by atoms with van der Waals surface area (Å²) in [6, 6.07) is 11.5. The molecule has 1 N–H and O–H groups in total. The van der Waals surface area contributed by atoms with E-state index in [1.54, 1.807) is 52.5 Å². The number of guanidine groups is 1. The van der Waals surface area contributed by atoms with Gasteiger partial charge in [-0.15, -0.1) is 4.99 Å². The van der Waals surface area contributed by atoms with Gasteiger partial charge in [0.2, 0.25) is 17.7 Å². The van der Waals surface area contributed by atoms with E-state index in [0.29, 0.717) is 25.8 Å². The van der Waals surface area contributed by atoms with Crippen molar-refractivity contribution in [1.29, 1.82) is 0 Å². The smallest absolute Gasteiger partial charge is 0.437 e. The number of amides is 2. The van der Waals surface area contributed by atoms with Crippen molar-refractivity contribution in [2.24, 2.45) is 4.99 Å². The van der Waals surface area contributed by atoms with Crippen molar-refractivity contribution in [3.63, 3.8) is 0 Å². The van der Waals surface area contributed by atoms with Crippen molar-refractivity contribution in [1.82, 2.24) is 20.4 Å². The van der Waals surface area contributed by atoms with Gasteiger partial charge in [-0.1, -0.05) is 54.9 Å². The number of nitrogens with one attached hydrogen (secondary N) is 1. The molecule has 1 saturated heterocycles. The van der Waals surface area contributed by atoms with E-state index in [-0.39, 0.29) is 35.2 Å². The summed E-state index contributed by atoms with van der Waals surface area (Å²) in [7, 11) is 0. The zero-order chi connectivity index (χ0) is 36.0. The molecule has 1 aliphatic rings. The molecule has 3 aromatic rings. The van der Waals surface area contributed by atoms with Gasteiger partial charge in [0.15, 0.2) is 0 Å². The van der Waals surface area contributed by atoms with Crippen LogP contribution in [0.3, 0.4) is 0 Å². The SMILES string of the molecule is CCCCc1ccc(CCc2ccc(-c3noc([C@@H]4CCCN4/C(=N/C(=O)OC(C)(C)C)NC(=O)OC(C)(C)C)n3)cc2C(F)(F)F)cc1. The minimum atomic E-state index is -4.59. The van der Waals surface area contributed by atoms with Crippen LogP contribution in [0.5, 0.6) is 0 Å². The second kappa shape index (κ2) is 15.4. The first-order valence-electron chi connectivity index (χ1n) is 16.6. The van der Waals surface area contributed by atoms with E-state index in [4.69, 9.17) is 14.0 Å². The van der Waals surface area contributed by atoms with Crippen LogP contribution in [0, 0.1) is 0 Å². The Morgan fingerprint density at radius 1 is 0.959 bits per heavy atom. The van der Waals surface area contributed by atoms with Crippen LogP contribution in [0.4, 0.5) is 22.8 Å². The number of aryl methyl sites for hydroxylation is 3. The lowest BCUT2D eigenvalue weighted by atomic mass is 9.96. The summed E-state index contributed by atoms with van der Waals surface area (Å²) in [6.45, 7) is 12.6. The highest BCUT2D eigenvalue weighted by Crippen LogP contribution is 2.37. The summed E-state index contributed by atoms with van der Waals surface area (Å²) < 4.78 is 59.1. The number of rotatable bonds is 8. The number of carbonyl (C=O) groups is 2. The molecule has 10 nitrogen and oxygen atoms in total. The van der Waals surface area contributed by atoms with Crippen LogP contribution >= 0.6 is 0 Å². The van der Waals surface area contributed by atoms with E-state index in [0.717, 1.165) is 30.9 Å². The van der Waals surface area contributed by atoms with Crippen LogP contribution in [0.25, 0.3) is 11.4 Å². The van der Waals surface area contributed by atoms with Crippen LogP contribution in [0.1, 0.15) is 108 Å². The van der Waals surface area contributed by atoms with Gasteiger partial charge in [-0.2, -0.15) is 18.2 Å². The normalized spacial score (nSPS) is 15.8. The number of nitrogens with zero attached hydrogens (tertiary/aromatic N) is 4. The lowest BCUT2D eigenvalue weighted by Gasteiger charge is -2.27. The maximum Gasteiger partial charge on any atom is 0.437 e. The number of hydrogen-bond acceptors (Lipinski definition) is 7. The number of alkyl halides is 3. The monoisotopic (exact) mass is 685 g/mol. The number of likely N-dealkylation sites (tertiary alicyclic amines) is 1. The Kier molecular flexibility index (Phi) is 11.8. The number of benzene rings is 2. The Labute approximate surface area is 285 Å². The Balaban J connectivity index is 1.56. The van der Waals surface area contributed by atoms with Crippen LogP contribution in [0.2, 0.25) is 0 Å². The van der Waals surface area contributed by atoms with E-state index in [2.05, 4.69) is 27.4 Å². The first-order chi connectivity index (χ1) is 22.9. The molecule has 0 radical (unpaired) electrons. The molecule has 266 valence electrons. The quantitative estimate of drug-likeness (QED) is 0.185. The highest BCUT2D eigenvalue weighted by molar-refractivity contribution is 5.99. The number of halogens is 3. The predicted octanol–water partition coefficient (Wildman–Crippen LogP) is 8.84. The van der Waals surface area contributed by atoms with Crippen molar-refractivity contribution in [3.05, 3.63) is 70.6 Å². The zero-order valence-electron chi connectivity index (χ0n) is 29.2. The maximum atomic E-state index is 14.3. The van der Waals surface area contributed by atoms with Crippen LogP contribution < -0.4 is 5.32 Å². The largest absolute Gasteiger partial charge is 0.444 e. The molecule has 0 spiro atoms. The average molecular weight is 686 g/mol. The fraction of sp³-hybridized carbons (Fsp3) is 0.528. The van der Waals surface area contributed by atoms with Gasteiger partial charge in [0, 0.05) is 12.1 Å². The van der Waals surface area contributed by atoms with Gasteiger partial charge in [-0.3, -0.25) is 5.32 Å². The Morgan fingerprint density at radius 3 is 2.22 bits per heavy atom. The number of unbranched alkanes of at least 4 members (excludes halogenated alkanes) is 1. The molecule has 1 aromatic heterocycles. The van der Waals surface area contributed by atoms with Gasteiger partial charge in [0.05, 0.1) is 5.56 Å². The molecule has 4 rings (SSSR count). The van der Waals surface area contributed by atoms with Gasteiger partial charge >= 0.3 is 18.4 Å². The van der Waals surface area contributed by atoms with Crippen molar-refractivity contribution < 1.29 is 36.8 Å². The molecular formula is C36H46F3N5O5. The third-order valence-electron chi connectivity index (χ3n) is 7.65. The molecule has 0 bridgehead atoms. The molecule has 2 amide bonds. The fourth-order valence-corrected chi connectivity index (χ4v) is 5.42. The summed E-state index contributed by atoms with van der Waals surface area (Å²) in [6.07, 6.45) is -1.42. The summed E-state index contributed by atoms with van der Waals surface area (Å²) in [5.74, 6) is -0.0623. The average Bonchev–Trinajstić information content (AvgIpc) is 3.67. The van der Waals surface area contributed by atoms with Crippen LogP contribution in [-0.2, 0) is 34.9 Å². The van der Waals surface area contributed by atoms with Gasteiger partial charge in [0.1, 0.15) is 17.2 Å². The molecule has 1 atom stereocenters. The van der Waals surface area contributed by atoms with E-state index < -0.39 is 41.2 Å². The number of aromatic nitrogens is 2. The minimum Gasteiger partial charge on any atom is -0.444 e. The van der Waals surface area contributed by atoms with Gasteiger partial charge < -0.3 is 18.9 Å². The number of carbonyl (C=O) groups excluding carboxylic acids is 2. The third kappa shape index (κ3) is 11.0. The Bertz CT molecular complexity index is 1620. The van der Waals surface area contributed by atoms with Crippen molar-refractivity contribution in [2.45, 2.75) is 117 Å². The molecule has 0 aliphatic carbocycles. The van der Waals surface area contributed by atoms with Gasteiger partial charge in [-0.25, -0.2) is 9.59 Å². The molecule has 0 saturated carbocycles. The van der Waals surface area contributed by atoms with Gasteiger partial charge in [0.25, 0.3) is 0 Å². The molecule has 49 heavy (non-hydrogen) atoms. The Hall–Kier alpha value is -4.42. The minimum absolute atomic E-state index is 0.0210. The zero-order valence-corrected chi connectivity index (χ0v) is 29.2. The van der Waals surface area contributed by atoms with Crippen molar-refractivity contribution in [3.8, 4) is 11.4 Å². The van der Waals surface area contributed by atoms with Crippen LogP contribution in [-0.4, -0.2) is 50.9 Å². The molecule has 13 heteroatoms. The lowest BCUT2D eigenvalue weighted by molar-refractivity contribution is -0.138. The lowest BCUT2D eigenvalue weighted by Crippen LogP contribution is -2.46. The molecular weight excluding hydrogens is 639 g/mol. The molecule has 1 aliphatic heterocycles. The number of hydrogen-bond donors (Lipinski definition) is 1. The first-order valence-corrected chi connectivity index (χ1v) is 16.6.